The van der Waals surface area contributed by atoms with E-state index >= 15 is 0 Å². The molecule has 0 atom stereocenters. The van der Waals surface area contributed by atoms with Gasteiger partial charge in [-0.25, -0.2) is 4.79 Å². The van der Waals surface area contributed by atoms with Gasteiger partial charge in [0.2, 0.25) is 0 Å². The summed E-state index contributed by atoms with van der Waals surface area (Å²) in [6, 6.07) is -0.312. The van der Waals surface area contributed by atoms with Crippen molar-refractivity contribution in [3.8, 4) is 0 Å². The Bertz CT molecular complexity index is 416. The van der Waals surface area contributed by atoms with Crippen LogP contribution < -0.4 is 0 Å². The molecule has 0 bridgehead atoms. The van der Waals surface area contributed by atoms with Gasteiger partial charge >= 0.3 is 6.03 Å². The first kappa shape index (κ1) is 15.0. The van der Waals surface area contributed by atoms with Crippen molar-refractivity contribution in [1.29, 1.82) is 0 Å². The van der Waals surface area contributed by atoms with E-state index in [1.54, 1.807) is 24.3 Å². The van der Waals surface area contributed by atoms with Crippen LogP contribution in [0.25, 0.3) is 0 Å². The lowest BCUT2D eigenvalue weighted by molar-refractivity contribution is -0.132. The molecular formula is C15H20N2O2. The van der Waals surface area contributed by atoms with Crippen molar-refractivity contribution in [3.63, 3.8) is 0 Å². The Kier molecular flexibility index (Phi) is 4.87. The van der Waals surface area contributed by atoms with Crippen LogP contribution in [0.2, 0.25) is 0 Å². The minimum Gasteiger partial charge on any atom is -0.305 e. The van der Waals surface area contributed by atoms with Gasteiger partial charge in [0.05, 0.1) is 0 Å². The molecule has 1 saturated heterocycles. The van der Waals surface area contributed by atoms with E-state index in [2.05, 4.69) is 26.3 Å². The maximum Gasteiger partial charge on any atom is 0.328 e. The monoisotopic (exact) mass is 260 g/mol. The molecular weight excluding hydrogens is 240 g/mol. The second-order valence-electron chi connectivity index (χ2n) is 4.40. The molecule has 1 fully saturated rings. The molecule has 0 radical (unpaired) electrons. The molecule has 0 aromatic rings. The molecule has 102 valence electrons. The second kappa shape index (κ2) is 6.18. The smallest absolute Gasteiger partial charge is 0.305 e. The van der Waals surface area contributed by atoms with Gasteiger partial charge in [-0.05, 0) is 12.8 Å². The summed E-state index contributed by atoms with van der Waals surface area (Å²) < 4.78 is 0. The number of carbonyl (C=O) groups is 2. The number of hydrogen-bond donors (Lipinski definition) is 0. The number of amides is 3. The Labute approximate surface area is 114 Å². The fourth-order valence-electron chi connectivity index (χ4n) is 2.41. The van der Waals surface area contributed by atoms with Crippen LogP contribution in [0.5, 0.6) is 0 Å². The van der Waals surface area contributed by atoms with Crippen molar-refractivity contribution in [1.82, 2.24) is 9.80 Å². The number of nitrogens with zero attached hydrogens (tertiary/aromatic N) is 2. The van der Waals surface area contributed by atoms with Crippen LogP contribution in [-0.4, -0.2) is 40.4 Å². The molecule has 1 aliphatic heterocycles. The number of hydrogen-bond acceptors (Lipinski definition) is 2. The molecule has 0 saturated carbocycles. The first-order valence-corrected chi connectivity index (χ1v) is 6.16. The second-order valence-corrected chi connectivity index (χ2v) is 4.40. The molecule has 3 amide bonds. The van der Waals surface area contributed by atoms with E-state index in [1.807, 2.05) is 0 Å². The molecule has 0 N–H and O–H groups in total. The van der Waals surface area contributed by atoms with Crippen LogP contribution in [0.15, 0.2) is 50.6 Å². The minimum atomic E-state index is -0.919. The first-order chi connectivity index (χ1) is 9.08. The predicted octanol–water partition coefficient (Wildman–Crippen LogP) is 2.51. The molecule has 4 heteroatoms. The van der Waals surface area contributed by atoms with Gasteiger partial charge in [0.15, 0.2) is 0 Å². The molecule has 0 aromatic heterocycles. The summed E-state index contributed by atoms with van der Waals surface area (Å²) in [5, 5.41) is 0. The SMILES string of the molecule is C=CCN1C(=O)N(CC=C)C(CC=C)(CC=C)C1=O. The van der Waals surface area contributed by atoms with E-state index < -0.39 is 5.54 Å². The van der Waals surface area contributed by atoms with Gasteiger partial charge in [0.1, 0.15) is 5.54 Å². The van der Waals surface area contributed by atoms with E-state index in [1.165, 1.54) is 9.80 Å². The van der Waals surface area contributed by atoms with Gasteiger partial charge in [-0.1, -0.05) is 24.3 Å². The molecule has 4 nitrogen and oxygen atoms in total. The normalized spacial score (nSPS) is 17.5. The highest BCUT2D eigenvalue weighted by atomic mass is 16.2. The number of imide groups is 1. The largest absolute Gasteiger partial charge is 0.328 e. The summed E-state index contributed by atoms with van der Waals surface area (Å²) in [7, 11) is 0. The number of urea groups is 1. The molecule has 1 aliphatic rings. The van der Waals surface area contributed by atoms with Crippen molar-refractivity contribution in [2.45, 2.75) is 18.4 Å². The van der Waals surface area contributed by atoms with Crippen LogP contribution in [-0.2, 0) is 4.79 Å². The Hall–Kier alpha value is -2.10. The summed E-state index contributed by atoms with van der Waals surface area (Å²) in [6.07, 6.45) is 7.25. The van der Waals surface area contributed by atoms with Gasteiger partial charge in [-0.15, -0.1) is 26.3 Å². The fourth-order valence-corrected chi connectivity index (χ4v) is 2.41. The minimum absolute atomic E-state index is 0.210. The zero-order valence-electron chi connectivity index (χ0n) is 11.2. The van der Waals surface area contributed by atoms with Crippen LogP contribution in [0.3, 0.4) is 0 Å². The van der Waals surface area contributed by atoms with Crippen LogP contribution in [0, 0.1) is 0 Å². The summed E-state index contributed by atoms with van der Waals surface area (Å²) in [5.74, 6) is -0.223. The molecule has 19 heavy (non-hydrogen) atoms. The van der Waals surface area contributed by atoms with Gasteiger partial charge in [0, 0.05) is 13.1 Å². The lowest BCUT2D eigenvalue weighted by atomic mass is 9.89. The maximum atomic E-state index is 12.6. The predicted molar refractivity (Wildman–Crippen MR) is 76.6 cm³/mol. The van der Waals surface area contributed by atoms with E-state index in [-0.39, 0.29) is 18.5 Å². The summed E-state index contributed by atoms with van der Waals surface area (Å²) in [5.41, 5.74) is -0.919. The van der Waals surface area contributed by atoms with Gasteiger partial charge in [-0.2, -0.15) is 0 Å². The molecule has 0 unspecified atom stereocenters. The van der Waals surface area contributed by atoms with Crippen molar-refractivity contribution < 1.29 is 9.59 Å². The lowest BCUT2D eigenvalue weighted by Crippen LogP contribution is -2.49. The van der Waals surface area contributed by atoms with Crippen LogP contribution >= 0.6 is 0 Å². The van der Waals surface area contributed by atoms with Crippen molar-refractivity contribution in [2.24, 2.45) is 0 Å². The first-order valence-electron chi connectivity index (χ1n) is 6.16. The Morgan fingerprint density at radius 3 is 1.84 bits per heavy atom. The highest BCUT2D eigenvalue weighted by Crippen LogP contribution is 2.34. The van der Waals surface area contributed by atoms with E-state index in [0.29, 0.717) is 19.4 Å². The zero-order chi connectivity index (χ0) is 14.5. The van der Waals surface area contributed by atoms with E-state index in [0.717, 1.165) is 0 Å². The quantitative estimate of drug-likeness (QED) is 0.497. The van der Waals surface area contributed by atoms with Crippen molar-refractivity contribution in [2.75, 3.05) is 13.1 Å². The summed E-state index contributed by atoms with van der Waals surface area (Å²) >= 11 is 0. The Morgan fingerprint density at radius 2 is 1.42 bits per heavy atom. The van der Waals surface area contributed by atoms with E-state index in [4.69, 9.17) is 0 Å². The molecule has 0 aliphatic carbocycles. The third-order valence-corrected chi connectivity index (χ3v) is 3.21. The van der Waals surface area contributed by atoms with Crippen LogP contribution in [0.4, 0.5) is 4.79 Å². The zero-order valence-corrected chi connectivity index (χ0v) is 11.2. The molecule has 0 spiro atoms. The van der Waals surface area contributed by atoms with Crippen LogP contribution in [0.1, 0.15) is 12.8 Å². The number of rotatable bonds is 8. The third kappa shape index (κ3) is 2.38. The maximum absolute atomic E-state index is 12.6. The lowest BCUT2D eigenvalue weighted by Gasteiger charge is -2.32. The third-order valence-electron chi connectivity index (χ3n) is 3.21. The molecule has 0 aromatic carbocycles. The van der Waals surface area contributed by atoms with Crippen molar-refractivity contribution >= 4 is 11.9 Å². The molecule has 1 heterocycles. The summed E-state index contributed by atoms with van der Waals surface area (Å²) in [6.45, 7) is 15.1. The highest BCUT2D eigenvalue weighted by Gasteiger charge is 2.54. The molecule has 1 rings (SSSR count). The van der Waals surface area contributed by atoms with E-state index in [9.17, 15) is 9.59 Å². The van der Waals surface area contributed by atoms with Gasteiger partial charge < -0.3 is 4.90 Å². The Balaban J connectivity index is 3.27. The Morgan fingerprint density at radius 1 is 0.895 bits per heavy atom. The summed E-state index contributed by atoms with van der Waals surface area (Å²) in [4.78, 5) is 27.7. The number of carbonyl (C=O) groups excluding carboxylic acids is 2. The van der Waals surface area contributed by atoms with Gasteiger partial charge in [0.25, 0.3) is 5.91 Å². The standard InChI is InChI=1S/C15H20N2O2/c1-5-9-15(10-6-2)13(18)16(11-7-3)14(19)17(15)12-8-4/h5-8H,1-4,9-12H2. The fraction of sp³-hybridized carbons (Fsp3) is 0.333. The van der Waals surface area contributed by atoms with Crippen molar-refractivity contribution in [3.05, 3.63) is 50.6 Å². The average molecular weight is 260 g/mol. The topological polar surface area (TPSA) is 40.6 Å². The van der Waals surface area contributed by atoms with Gasteiger partial charge in [-0.3, -0.25) is 9.69 Å². The highest BCUT2D eigenvalue weighted by molar-refractivity contribution is 6.07. The average Bonchev–Trinajstić information content (AvgIpc) is 2.56.